The van der Waals surface area contributed by atoms with Gasteiger partial charge in [-0.3, -0.25) is 0 Å². The number of rotatable bonds is 9. The van der Waals surface area contributed by atoms with E-state index in [1.807, 2.05) is 6.92 Å². The van der Waals surface area contributed by atoms with Crippen LogP contribution in [-0.4, -0.2) is 39.5 Å². The molecule has 7 heteroatoms. The van der Waals surface area contributed by atoms with Crippen LogP contribution in [0.3, 0.4) is 0 Å². The van der Waals surface area contributed by atoms with Gasteiger partial charge in [0.25, 0.3) is 0 Å². The predicted octanol–water partition coefficient (Wildman–Crippen LogP) is 1.53. The summed E-state index contributed by atoms with van der Waals surface area (Å²) in [5.41, 5.74) is 5.55. The van der Waals surface area contributed by atoms with Crippen molar-refractivity contribution in [2.75, 3.05) is 26.2 Å². The van der Waals surface area contributed by atoms with Gasteiger partial charge in [-0.05, 0) is 39.0 Å². The fraction of sp³-hybridized carbons (Fsp3) is 0.692. The van der Waals surface area contributed by atoms with Crippen molar-refractivity contribution in [1.82, 2.24) is 9.62 Å². The SMILES string of the molecule is CCN(CC)CCCNS(=O)(=O)c1cc(CN)sc1C. The van der Waals surface area contributed by atoms with E-state index in [4.69, 9.17) is 5.73 Å². The van der Waals surface area contributed by atoms with Gasteiger partial charge in [0.05, 0.1) is 4.90 Å². The Bertz CT molecular complexity index is 508. The molecule has 1 aromatic heterocycles. The molecule has 0 radical (unpaired) electrons. The van der Waals surface area contributed by atoms with Crippen LogP contribution in [0.25, 0.3) is 0 Å². The van der Waals surface area contributed by atoms with E-state index < -0.39 is 10.0 Å². The first-order valence-corrected chi connectivity index (χ1v) is 9.26. The quantitative estimate of drug-likeness (QED) is 0.677. The standard InChI is InChI=1S/C13H25N3O2S2/c1-4-16(5-2)8-6-7-15-20(17,18)13-9-12(10-14)19-11(13)3/h9,15H,4-8,10,14H2,1-3H3. The monoisotopic (exact) mass is 319 g/mol. The van der Waals surface area contributed by atoms with E-state index in [0.717, 1.165) is 35.8 Å². The molecule has 1 aromatic rings. The van der Waals surface area contributed by atoms with Gasteiger partial charge in [-0.25, -0.2) is 13.1 Å². The highest BCUT2D eigenvalue weighted by Crippen LogP contribution is 2.25. The fourth-order valence-corrected chi connectivity index (χ4v) is 4.60. The normalized spacial score (nSPS) is 12.2. The van der Waals surface area contributed by atoms with Crippen molar-refractivity contribution in [1.29, 1.82) is 0 Å². The second kappa shape index (κ2) is 8.09. The Hall–Kier alpha value is -0.470. The number of nitrogens with one attached hydrogen (secondary N) is 1. The summed E-state index contributed by atoms with van der Waals surface area (Å²) in [5.74, 6) is 0. The van der Waals surface area contributed by atoms with E-state index in [0.29, 0.717) is 18.0 Å². The number of thiophene rings is 1. The minimum atomic E-state index is -3.41. The number of hydrogen-bond acceptors (Lipinski definition) is 5. The third-order valence-corrected chi connectivity index (χ3v) is 6.04. The van der Waals surface area contributed by atoms with Crippen LogP contribution < -0.4 is 10.5 Å². The van der Waals surface area contributed by atoms with E-state index in [9.17, 15) is 8.42 Å². The van der Waals surface area contributed by atoms with E-state index in [-0.39, 0.29) is 0 Å². The van der Waals surface area contributed by atoms with Crippen molar-refractivity contribution in [3.05, 3.63) is 15.8 Å². The summed E-state index contributed by atoms with van der Waals surface area (Å²) in [4.78, 5) is 4.33. The molecule has 0 aliphatic rings. The van der Waals surface area contributed by atoms with Gasteiger partial charge in [0.1, 0.15) is 0 Å². The third-order valence-electron chi connectivity index (χ3n) is 3.25. The highest BCUT2D eigenvalue weighted by atomic mass is 32.2. The van der Waals surface area contributed by atoms with E-state index >= 15 is 0 Å². The maximum Gasteiger partial charge on any atom is 0.241 e. The highest BCUT2D eigenvalue weighted by molar-refractivity contribution is 7.89. The molecule has 3 N–H and O–H groups in total. The first kappa shape index (κ1) is 17.6. The molecule has 5 nitrogen and oxygen atoms in total. The predicted molar refractivity (Wildman–Crippen MR) is 84.5 cm³/mol. The lowest BCUT2D eigenvalue weighted by atomic mass is 10.4. The lowest BCUT2D eigenvalue weighted by Crippen LogP contribution is -2.30. The Balaban J connectivity index is 2.55. The third kappa shape index (κ3) is 4.82. The highest BCUT2D eigenvalue weighted by Gasteiger charge is 2.19. The van der Waals surface area contributed by atoms with E-state index in [2.05, 4.69) is 23.5 Å². The Morgan fingerprint density at radius 2 is 2.00 bits per heavy atom. The summed E-state index contributed by atoms with van der Waals surface area (Å²) in [6, 6.07) is 1.67. The van der Waals surface area contributed by atoms with Crippen molar-refractivity contribution >= 4 is 21.4 Å². The average Bonchev–Trinajstić information content (AvgIpc) is 2.81. The number of sulfonamides is 1. The van der Waals surface area contributed by atoms with Crippen molar-refractivity contribution in [3.8, 4) is 0 Å². The van der Waals surface area contributed by atoms with Crippen LogP contribution in [0, 0.1) is 6.92 Å². The van der Waals surface area contributed by atoms with E-state index in [1.54, 1.807) is 6.07 Å². The number of nitrogens with two attached hydrogens (primary N) is 1. The van der Waals surface area contributed by atoms with Crippen molar-refractivity contribution in [3.63, 3.8) is 0 Å². The molecular weight excluding hydrogens is 294 g/mol. The molecule has 0 amide bonds. The van der Waals surface area contributed by atoms with Gasteiger partial charge in [0.15, 0.2) is 0 Å². The molecule has 0 unspecified atom stereocenters. The van der Waals surface area contributed by atoms with Crippen molar-refractivity contribution < 1.29 is 8.42 Å². The number of nitrogens with zero attached hydrogens (tertiary/aromatic N) is 1. The van der Waals surface area contributed by atoms with Gasteiger partial charge >= 0.3 is 0 Å². The molecule has 0 fully saturated rings. The van der Waals surface area contributed by atoms with Crippen LogP contribution in [0.1, 0.15) is 30.0 Å². The minimum absolute atomic E-state index is 0.366. The Morgan fingerprint density at radius 1 is 1.35 bits per heavy atom. The molecule has 1 rings (SSSR count). The Morgan fingerprint density at radius 3 is 2.50 bits per heavy atom. The summed E-state index contributed by atoms with van der Waals surface area (Å²) >= 11 is 1.44. The number of aryl methyl sites for hydroxylation is 1. The molecule has 0 spiro atoms. The zero-order chi connectivity index (χ0) is 15.2. The second-order valence-corrected chi connectivity index (χ2v) is 7.69. The molecule has 0 aliphatic heterocycles. The Kier molecular flexibility index (Phi) is 7.11. The molecule has 0 bridgehead atoms. The number of hydrogen-bond donors (Lipinski definition) is 2. The lowest BCUT2D eigenvalue weighted by molar-refractivity contribution is 0.300. The smallest absolute Gasteiger partial charge is 0.241 e. The molecule has 0 saturated heterocycles. The summed E-state index contributed by atoms with van der Waals surface area (Å²) < 4.78 is 27.1. The van der Waals surface area contributed by atoms with Crippen LogP contribution in [0.2, 0.25) is 0 Å². The van der Waals surface area contributed by atoms with Gasteiger partial charge in [-0.2, -0.15) is 0 Å². The van der Waals surface area contributed by atoms with Crippen LogP contribution >= 0.6 is 11.3 Å². The molecule has 0 atom stereocenters. The van der Waals surface area contributed by atoms with Crippen molar-refractivity contribution in [2.24, 2.45) is 5.73 Å². The van der Waals surface area contributed by atoms with Crippen LogP contribution in [0.4, 0.5) is 0 Å². The largest absolute Gasteiger partial charge is 0.326 e. The summed E-state index contributed by atoms with van der Waals surface area (Å²) in [6.07, 6.45) is 0.813. The maximum absolute atomic E-state index is 12.2. The molecule has 20 heavy (non-hydrogen) atoms. The second-order valence-electron chi connectivity index (χ2n) is 4.62. The van der Waals surface area contributed by atoms with Crippen molar-refractivity contribution in [2.45, 2.75) is 38.6 Å². The van der Waals surface area contributed by atoms with Gasteiger partial charge in [0, 0.05) is 22.8 Å². The zero-order valence-corrected chi connectivity index (χ0v) is 14.1. The van der Waals surface area contributed by atoms with Crippen LogP contribution in [0.5, 0.6) is 0 Å². The summed E-state index contributed by atoms with van der Waals surface area (Å²) in [6.45, 7) is 9.77. The molecule has 1 heterocycles. The minimum Gasteiger partial charge on any atom is -0.326 e. The molecule has 0 saturated carbocycles. The summed E-state index contributed by atoms with van der Waals surface area (Å²) in [5, 5.41) is 0. The molecule has 0 aliphatic carbocycles. The molecule has 0 aromatic carbocycles. The first-order valence-electron chi connectivity index (χ1n) is 6.96. The van der Waals surface area contributed by atoms with Crippen LogP contribution in [0.15, 0.2) is 11.0 Å². The van der Waals surface area contributed by atoms with Crippen LogP contribution in [-0.2, 0) is 16.6 Å². The van der Waals surface area contributed by atoms with Gasteiger partial charge in [-0.15, -0.1) is 11.3 Å². The molecule has 116 valence electrons. The average molecular weight is 319 g/mol. The first-order chi connectivity index (χ1) is 9.44. The summed E-state index contributed by atoms with van der Waals surface area (Å²) in [7, 11) is -3.41. The fourth-order valence-electron chi connectivity index (χ4n) is 2.02. The topological polar surface area (TPSA) is 75.4 Å². The lowest BCUT2D eigenvalue weighted by Gasteiger charge is -2.17. The zero-order valence-electron chi connectivity index (χ0n) is 12.5. The van der Waals surface area contributed by atoms with Gasteiger partial charge in [-0.1, -0.05) is 13.8 Å². The Labute approximate surface area is 126 Å². The van der Waals surface area contributed by atoms with E-state index in [1.165, 1.54) is 11.3 Å². The van der Waals surface area contributed by atoms with Gasteiger partial charge in [0.2, 0.25) is 10.0 Å². The molecular formula is C13H25N3O2S2. The van der Waals surface area contributed by atoms with Gasteiger partial charge < -0.3 is 10.6 Å². The maximum atomic E-state index is 12.2.